The fraction of sp³-hybridized carbons (Fsp3) is 0.375. The maximum atomic E-state index is 4.29. The zero-order chi connectivity index (χ0) is 7.68. The molecule has 1 N–H and O–H groups in total. The molecule has 2 nitrogen and oxygen atoms in total. The second-order valence-corrected chi connectivity index (χ2v) is 3.61. The van der Waals surface area contributed by atoms with E-state index >= 15 is 0 Å². The molecule has 1 aliphatic heterocycles. The maximum absolute atomic E-state index is 4.29. The van der Waals surface area contributed by atoms with E-state index in [-0.39, 0.29) is 0 Å². The Morgan fingerprint density at radius 3 is 2.82 bits per heavy atom. The van der Waals surface area contributed by atoms with E-state index in [4.69, 9.17) is 0 Å². The van der Waals surface area contributed by atoms with Gasteiger partial charge in [0, 0.05) is 10.7 Å². The summed E-state index contributed by atoms with van der Waals surface area (Å²) in [4.78, 5) is 4.29. The first kappa shape index (κ1) is 7.25. The third-order valence-electron chi connectivity index (χ3n) is 1.93. The number of aromatic nitrogens is 1. The number of hydrogen-bond acceptors (Lipinski definition) is 2. The van der Waals surface area contributed by atoms with Crippen LogP contribution in [0.15, 0.2) is 22.8 Å². The van der Waals surface area contributed by atoms with E-state index in [2.05, 4.69) is 32.3 Å². The summed E-state index contributed by atoms with van der Waals surface area (Å²) in [5.41, 5.74) is 1.15. The molecule has 0 aliphatic carbocycles. The van der Waals surface area contributed by atoms with Gasteiger partial charge in [0.05, 0.1) is 11.7 Å². The molecule has 0 aromatic carbocycles. The molecule has 1 atom stereocenters. The number of halogens is 1. The molecule has 0 unspecified atom stereocenters. The van der Waals surface area contributed by atoms with Crippen LogP contribution in [0.2, 0.25) is 0 Å². The lowest BCUT2D eigenvalue weighted by atomic mass is 10.0. The van der Waals surface area contributed by atoms with Crippen LogP contribution < -0.4 is 5.32 Å². The van der Waals surface area contributed by atoms with Crippen molar-refractivity contribution in [2.24, 2.45) is 0 Å². The van der Waals surface area contributed by atoms with Crippen LogP contribution in [0.5, 0.6) is 0 Å². The zero-order valence-corrected chi connectivity index (χ0v) is 7.63. The molecular formula is C8H9BrN2. The monoisotopic (exact) mass is 212 g/mol. The molecule has 0 spiro atoms. The van der Waals surface area contributed by atoms with E-state index in [1.807, 2.05) is 12.3 Å². The number of nitrogens with zero attached hydrogens (tertiary/aromatic N) is 1. The lowest BCUT2D eigenvalue weighted by Crippen LogP contribution is -2.35. The van der Waals surface area contributed by atoms with Gasteiger partial charge in [0.1, 0.15) is 0 Å². The van der Waals surface area contributed by atoms with E-state index in [9.17, 15) is 0 Å². The van der Waals surface area contributed by atoms with Gasteiger partial charge in [0.25, 0.3) is 0 Å². The lowest BCUT2D eigenvalue weighted by Gasteiger charge is -2.26. The van der Waals surface area contributed by atoms with E-state index < -0.39 is 0 Å². The molecule has 2 rings (SSSR count). The minimum atomic E-state index is 0.503. The molecule has 58 valence electrons. The highest BCUT2D eigenvalue weighted by atomic mass is 79.9. The summed E-state index contributed by atoms with van der Waals surface area (Å²) in [6.45, 7) is 1.13. The van der Waals surface area contributed by atoms with Gasteiger partial charge in [0.15, 0.2) is 0 Å². The SMILES string of the molecule is Brc1ccc([C@@H]2CCN2)nc1. The molecular weight excluding hydrogens is 204 g/mol. The highest BCUT2D eigenvalue weighted by Gasteiger charge is 2.18. The normalized spacial score (nSPS) is 22.8. The largest absolute Gasteiger partial charge is 0.309 e. The van der Waals surface area contributed by atoms with Crippen molar-refractivity contribution in [2.45, 2.75) is 12.5 Å². The standard InChI is InChI=1S/C8H9BrN2/c9-6-1-2-7(11-5-6)8-3-4-10-8/h1-2,5,8,10H,3-4H2/t8-/m0/s1. The van der Waals surface area contributed by atoms with E-state index in [1.165, 1.54) is 6.42 Å². The second kappa shape index (κ2) is 2.91. The molecule has 0 amide bonds. The highest BCUT2D eigenvalue weighted by molar-refractivity contribution is 9.10. The van der Waals surface area contributed by atoms with Crippen LogP contribution in [-0.4, -0.2) is 11.5 Å². The fourth-order valence-corrected chi connectivity index (χ4v) is 1.37. The Morgan fingerprint density at radius 2 is 2.36 bits per heavy atom. The van der Waals surface area contributed by atoms with Crippen molar-refractivity contribution in [3.8, 4) is 0 Å². The third-order valence-corrected chi connectivity index (χ3v) is 2.40. The Balaban J connectivity index is 2.18. The van der Waals surface area contributed by atoms with Gasteiger partial charge in [-0.15, -0.1) is 0 Å². The first-order chi connectivity index (χ1) is 5.36. The zero-order valence-electron chi connectivity index (χ0n) is 6.05. The van der Waals surface area contributed by atoms with Crippen molar-refractivity contribution >= 4 is 15.9 Å². The van der Waals surface area contributed by atoms with Crippen LogP contribution >= 0.6 is 15.9 Å². The van der Waals surface area contributed by atoms with Crippen molar-refractivity contribution in [2.75, 3.05) is 6.54 Å². The van der Waals surface area contributed by atoms with Crippen LogP contribution in [0, 0.1) is 0 Å². The minimum Gasteiger partial charge on any atom is -0.309 e. The van der Waals surface area contributed by atoms with Crippen molar-refractivity contribution in [1.29, 1.82) is 0 Å². The van der Waals surface area contributed by atoms with Crippen LogP contribution in [0.3, 0.4) is 0 Å². The van der Waals surface area contributed by atoms with Gasteiger partial charge >= 0.3 is 0 Å². The quantitative estimate of drug-likeness (QED) is 0.770. The highest BCUT2D eigenvalue weighted by Crippen LogP contribution is 2.21. The fourth-order valence-electron chi connectivity index (χ4n) is 1.13. The Bertz CT molecular complexity index is 241. The molecule has 0 bridgehead atoms. The predicted molar refractivity (Wildman–Crippen MR) is 47.3 cm³/mol. The summed E-state index contributed by atoms with van der Waals surface area (Å²) in [7, 11) is 0. The van der Waals surface area contributed by atoms with Crippen molar-refractivity contribution < 1.29 is 0 Å². The molecule has 2 heterocycles. The number of rotatable bonds is 1. The number of nitrogens with one attached hydrogen (secondary N) is 1. The van der Waals surface area contributed by atoms with Crippen LogP contribution in [-0.2, 0) is 0 Å². The van der Waals surface area contributed by atoms with Gasteiger partial charge in [-0.05, 0) is 41.0 Å². The van der Waals surface area contributed by atoms with Crippen LogP contribution in [0.4, 0.5) is 0 Å². The van der Waals surface area contributed by atoms with Gasteiger partial charge in [-0.3, -0.25) is 4.98 Å². The topological polar surface area (TPSA) is 24.9 Å². The maximum Gasteiger partial charge on any atom is 0.0574 e. The smallest absolute Gasteiger partial charge is 0.0574 e. The van der Waals surface area contributed by atoms with Gasteiger partial charge in [-0.25, -0.2) is 0 Å². The third kappa shape index (κ3) is 1.44. The van der Waals surface area contributed by atoms with E-state index in [0.29, 0.717) is 6.04 Å². The summed E-state index contributed by atoms with van der Waals surface area (Å²) >= 11 is 3.35. The Morgan fingerprint density at radius 1 is 1.55 bits per heavy atom. The molecule has 1 saturated heterocycles. The van der Waals surface area contributed by atoms with Gasteiger partial charge in [0.2, 0.25) is 0 Å². The average molecular weight is 213 g/mol. The first-order valence-corrected chi connectivity index (χ1v) is 4.50. The van der Waals surface area contributed by atoms with Gasteiger partial charge < -0.3 is 5.32 Å². The van der Waals surface area contributed by atoms with E-state index in [1.54, 1.807) is 0 Å². The number of pyridine rings is 1. The predicted octanol–water partition coefficient (Wildman–Crippen LogP) is 1.88. The number of hydrogen-bond donors (Lipinski definition) is 1. The summed E-state index contributed by atoms with van der Waals surface area (Å²) < 4.78 is 1.04. The van der Waals surface area contributed by atoms with Crippen molar-refractivity contribution in [3.05, 3.63) is 28.5 Å². The molecule has 3 heteroatoms. The minimum absolute atomic E-state index is 0.503. The average Bonchev–Trinajstić information content (AvgIpc) is 1.90. The van der Waals surface area contributed by atoms with Gasteiger partial charge in [-0.2, -0.15) is 0 Å². The van der Waals surface area contributed by atoms with Crippen molar-refractivity contribution in [3.63, 3.8) is 0 Å². The summed E-state index contributed by atoms with van der Waals surface area (Å²) in [5, 5.41) is 3.30. The first-order valence-electron chi connectivity index (χ1n) is 3.71. The van der Waals surface area contributed by atoms with Crippen LogP contribution in [0.1, 0.15) is 18.2 Å². The van der Waals surface area contributed by atoms with Gasteiger partial charge in [-0.1, -0.05) is 0 Å². The Labute approximate surface area is 74.2 Å². The lowest BCUT2D eigenvalue weighted by molar-refractivity contribution is 0.375. The Kier molecular flexibility index (Phi) is 1.92. The van der Waals surface area contributed by atoms with Crippen molar-refractivity contribution in [1.82, 2.24) is 10.3 Å². The molecule has 1 aromatic heterocycles. The summed E-state index contributed by atoms with van der Waals surface area (Å²) in [5.74, 6) is 0. The molecule has 1 aliphatic rings. The molecule has 0 saturated carbocycles. The molecule has 11 heavy (non-hydrogen) atoms. The molecule has 1 aromatic rings. The second-order valence-electron chi connectivity index (χ2n) is 2.70. The molecule has 0 radical (unpaired) electrons. The Hall–Kier alpha value is -0.410. The van der Waals surface area contributed by atoms with Crippen LogP contribution in [0.25, 0.3) is 0 Å². The van der Waals surface area contributed by atoms with E-state index in [0.717, 1.165) is 16.7 Å². The summed E-state index contributed by atoms with van der Waals surface area (Å²) in [6.07, 6.45) is 3.06. The molecule has 1 fully saturated rings. The summed E-state index contributed by atoms with van der Waals surface area (Å²) in [6, 6.07) is 4.59.